The fourth-order valence-corrected chi connectivity index (χ4v) is 2.56. The largest absolute Gasteiger partial charge is 0.339 e. The highest BCUT2D eigenvalue weighted by Crippen LogP contribution is 2.46. The smallest absolute Gasteiger partial charge is 0.231 e. The Bertz CT molecular complexity index is 877. The highest BCUT2D eigenvalue weighted by Gasteiger charge is 2.43. The average molecular weight is 276 g/mol. The maximum atomic E-state index is 8.86. The van der Waals surface area contributed by atoms with Crippen LogP contribution in [0.1, 0.15) is 23.8 Å². The third-order valence-corrected chi connectivity index (χ3v) is 3.87. The quantitative estimate of drug-likeness (QED) is 0.718. The summed E-state index contributed by atoms with van der Waals surface area (Å²) in [7, 11) is 0. The zero-order valence-corrected chi connectivity index (χ0v) is 11.4. The maximum Gasteiger partial charge on any atom is 0.231 e. The van der Waals surface area contributed by atoms with Gasteiger partial charge in [-0.25, -0.2) is 4.98 Å². The summed E-state index contributed by atoms with van der Waals surface area (Å²) in [5, 5.41) is 14.0. The molecule has 0 radical (unpaired) electrons. The first-order chi connectivity index (χ1) is 10.3. The van der Waals surface area contributed by atoms with E-state index in [1.54, 1.807) is 0 Å². The van der Waals surface area contributed by atoms with Crippen LogP contribution in [0.4, 0.5) is 0 Å². The molecule has 5 nitrogen and oxygen atoms in total. The van der Waals surface area contributed by atoms with Crippen LogP contribution in [0, 0.1) is 24.2 Å². The van der Waals surface area contributed by atoms with Gasteiger partial charge in [0.25, 0.3) is 0 Å². The van der Waals surface area contributed by atoms with Gasteiger partial charge in [-0.05, 0) is 31.0 Å². The van der Waals surface area contributed by atoms with Crippen molar-refractivity contribution in [3.8, 4) is 17.6 Å². The summed E-state index contributed by atoms with van der Waals surface area (Å²) in [6, 6.07) is 12.2. The van der Waals surface area contributed by atoms with Crippen LogP contribution < -0.4 is 0 Å². The van der Waals surface area contributed by atoms with Crippen LogP contribution in [-0.2, 0) is 0 Å². The van der Waals surface area contributed by atoms with Gasteiger partial charge >= 0.3 is 0 Å². The van der Waals surface area contributed by atoms with E-state index in [9.17, 15) is 0 Å². The molecule has 0 amide bonds. The van der Waals surface area contributed by atoms with Crippen LogP contribution in [0.15, 0.2) is 34.9 Å². The predicted molar refractivity (Wildman–Crippen MR) is 76.2 cm³/mol. The zero-order chi connectivity index (χ0) is 14.4. The highest BCUT2D eigenvalue weighted by atomic mass is 16.5. The van der Waals surface area contributed by atoms with Crippen molar-refractivity contribution in [3.05, 3.63) is 41.8 Å². The van der Waals surface area contributed by atoms with Crippen LogP contribution in [-0.4, -0.2) is 15.1 Å². The molecule has 2 unspecified atom stereocenters. The summed E-state index contributed by atoms with van der Waals surface area (Å²) in [5.41, 5.74) is 2.75. The van der Waals surface area contributed by atoms with Crippen LogP contribution in [0.3, 0.4) is 0 Å². The molecule has 0 N–H and O–H groups in total. The van der Waals surface area contributed by atoms with Crippen LogP contribution >= 0.6 is 0 Å². The van der Waals surface area contributed by atoms with Gasteiger partial charge in [0.05, 0.1) is 23.4 Å². The number of fused-ring (bicyclic) bond motifs is 1. The SMILES string of the molecule is Cc1cc(-c2noc(C3CC3C#N)n2)nc2ccccc12. The molecule has 1 saturated carbocycles. The summed E-state index contributed by atoms with van der Waals surface area (Å²) in [6.07, 6.45) is 0.808. The molecule has 5 heteroatoms. The van der Waals surface area contributed by atoms with Crippen LogP contribution in [0.5, 0.6) is 0 Å². The lowest BCUT2D eigenvalue weighted by Crippen LogP contribution is -1.90. The number of hydrogen-bond acceptors (Lipinski definition) is 5. The molecule has 2 heterocycles. The maximum absolute atomic E-state index is 8.86. The van der Waals surface area contributed by atoms with Gasteiger partial charge in [0.2, 0.25) is 11.7 Å². The standard InChI is InChI=1S/C16H12N4O/c1-9-6-14(18-13-5-3-2-4-11(9)13)15-19-16(21-20-15)12-7-10(12)8-17/h2-6,10,12H,7H2,1H3. The van der Waals surface area contributed by atoms with Gasteiger partial charge in [-0.1, -0.05) is 23.4 Å². The van der Waals surface area contributed by atoms with Crippen molar-refractivity contribution in [3.63, 3.8) is 0 Å². The average Bonchev–Trinajstić information content (AvgIpc) is 3.14. The second-order valence-electron chi connectivity index (χ2n) is 5.38. The van der Waals surface area contributed by atoms with Crippen molar-refractivity contribution in [2.45, 2.75) is 19.3 Å². The number of rotatable bonds is 2. The van der Waals surface area contributed by atoms with E-state index >= 15 is 0 Å². The number of aromatic nitrogens is 3. The predicted octanol–water partition coefficient (Wildman–Crippen LogP) is 3.22. The molecule has 1 fully saturated rings. The Hall–Kier alpha value is -2.74. The van der Waals surface area contributed by atoms with Gasteiger partial charge in [-0.3, -0.25) is 0 Å². The Morgan fingerprint density at radius 3 is 2.95 bits per heavy atom. The zero-order valence-electron chi connectivity index (χ0n) is 11.4. The fourth-order valence-electron chi connectivity index (χ4n) is 2.56. The van der Waals surface area contributed by atoms with Crippen molar-refractivity contribution in [2.75, 3.05) is 0 Å². The van der Waals surface area contributed by atoms with Crippen LogP contribution in [0.2, 0.25) is 0 Å². The van der Waals surface area contributed by atoms with Crippen molar-refractivity contribution in [1.82, 2.24) is 15.1 Å². The summed E-state index contributed by atoms with van der Waals surface area (Å²) in [6.45, 7) is 2.04. The van der Waals surface area contributed by atoms with E-state index in [1.165, 1.54) is 0 Å². The van der Waals surface area contributed by atoms with E-state index in [4.69, 9.17) is 9.78 Å². The molecule has 2 aromatic heterocycles. The van der Waals surface area contributed by atoms with Gasteiger partial charge in [0.1, 0.15) is 5.69 Å². The van der Waals surface area contributed by atoms with Crippen LogP contribution in [0.25, 0.3) is 22.4 Å². The summed E-state index contributed by atoms with van der Waals surface area (Å²) in [4.78, 5) is 8.99. The van der Waals surface area contributed by atoms with Crippen molar-refractivity contribution in [1.29, 1.82) is 5.26 Å². The Balaban J connectivity index is 1.75. The number of pyridine rings is 1. The Kier molecular flexibility index (Phi) is 2.51. The monoisotopic (exact) mass is 276 g/mol. The minimum atomic E-state index is 0.0181. The molecular formula is C16H12N4O. The molecule has 0 aliphatic heterocycles. The van der Waals surface area contributed by atoms with E-state index in [0.717, 1.165) is 22.9 Å². The van der Waals surface area contributed by atoms with Crippen molar-refractivity contribution < 1.29 is 4.52 Å². The first kappa shape index (κ1) is 12.0. The first-order valence-electron chi connectivity index (χ1n) is 6.86. The van der Waals surface area contributed by atoms with E-state index in [-0.39, 0.29) is 11.8 Å². The number of para-hydroxylation sites is 1. The Morgan fingerprint density at radius 2 is 2.14 bits per heavy atom. The molecule has 4 rings (SSSR count). The number of aryl methyl sites for hydroxylation is 1. The van der Waals surface area contributed by atoms with Gasteiger partial charge < -0.3 is 4.52 Å². The molecule has 1 aromatic carbocycles. The second kappa shape index (κ2) is 4.38. The van der Waals surface area contributed by atoms with Crippen molar-refractivity contribution in [2.24, 2.45) is 5.92 Å². The topological polar surface area (TPSA) is 75.6 Å². The van der Waals surface area contributed by atoms with E-state index in [0.29, 0.717) is 17.4 Å². The van der Waals surface area contributed by atoms with Gasteiger partial charge in [-0.2, -0.15) is 10.2 Å². The first-order valence-corrected chi connectivity index (χ1v) is 6.86. The summed E-state index contributed by atoms with van der Waals surface area (Å²) in [5.74, 6) is 1.15. The Labute approximate surface area is 121 Å². The van der Waals surface area contributed by atoms with Crippen molar-refractivity contribution >= 4 is 10.9 Å². The molecule has 0 spiro atoms. The molecular weight excluding hydrogens is 264 g/mol. The number of benzene rings is 1. The van der Waals surface area contributed by atoms with E-state index in [2.05, 4.69) is 21.2 Å². The van der Waals surface area contributed by atoms with Gasteiger partial charge in [0, 0.05) is 5.39 Å². The molecule has 1 aliphatic rings. The molecule has 0 bridgehead atoms. The lowest BCUT2D eigenvalue weighted by atomic mass is 10.1. The molecule has 102 valence electrons. The lowest BCUT2D eigenvalue weighted by Gasteiger charge is -2.03. The van der Waals surface area contributed by atoms with Gasteiger partial charge in [0.15, 0.2) is 0 Å². The second-order valence-corrected chi connectivity index (χ2v) is 5.38. The lowest BCUT2D eigenvalue weighted by molar-refractivity contribution is 0.378. The van der Waals surface area contributed by atoms with Gasteiger partial charge in [-0.15, -0.1) is 0 Å². The molecule has 21 heavy (non-hydrogen) atoms. The molecule has 1 aliphatic carbocycles. The summed E-state index contributed by atoms with van der Waals surface area (Å²) < 4.78 is 5.27. The third-order valence-electron chi connectivity index (χ3n) is 3.87. The fraction of sp³-hybridized carbons (Fsp3) is 0.250. The normalized spacial score (nSPS) is 20.4. The summed E-state index contributed by atoms with van der Waals surface area (Å²) >= 11 is 0. The number of nitriles is 1. The Morgan fingerprint density at radius 1 is 1.29 bits per heavy atom. The molecule has 3 aromatic rings. The highest BCUT2D eigenvalue weighted by molar-refractivity contribution is 5.84. The number of hydrogen-bond donors (Lipinski definition) is 0. The number of nitrogens with zero attached hydrogens (tertiary/aromatic N) is 4. The van der Waals surface area contributed by atoms with E-state index in [1.807, 2.05) is 37.3 Å². The third kappa shape index (κ3) is 1.96. The minimum absolute atomic E-state index is 0.0181. The minimum Gasteiger partial charge on any atom is -0.339 e. The van der Waals surface area contributed by atoms with E-state index < -0.39 is 0 Å². The molecule has 0 saturated heterocycles. The molecule has 2 atom stereocenters.